The van der Waals surface area contributed by atoms with Gasteiger partial charge in [0.15, 0.2) is 0 Å². The molecule has 108 valence electrons. The SMILES string of the molecule is CCCNc1nc2c(Br)cc(Br)cc2cc1C(C)(C)C. The molecule has 0 saturated heterocycles. The van der Waals surface area contributed by atoms with Crippen molar-refractivity contribution in [1.82, 2.24) is 4.98 Å². The van der Waals surface area contributed by atoms with Crippen LogP contribution in [0.15, 0.2) is 27.1 Å². The standard InChI is InChI=1S/C16H20Br2N2/c1-5-6-19-15-12(16(2,3)4)8-10-7-11(17)9-13(18)14(10)20-15/h7-9H,5-6H2,1-4H3,(H,19,20). The Labute approximate surface area is 137 Å². The molecule has 0 spiro atoms. The predicted molar refractivity (Wildman–Crippen MR) is 94.6 cm³/mol. The van der Waals surface area contributed by atoms with Crippen LogP contribution in [-0.4, -0.2) is 11.5 Å². The molecular weight excluding hydrogens is 380 g/mol. The number of anilines is 1. The molecule has 2 rings (SSSR count). The fourth-order valence-electron chi connectivity index (χ4n) is 2.16. The van der Waals surface area contributed by atoms with Crippen LogP contribution in [0.4, 0.5) is 5.82 Å². The van der Waals surface area contributed by atoms with Gasteiger partial charge in [-0.15, -0.1) is 0 Å². The van der Waals surface area contributed by atoms with Gasteiger partial charge in [-0.1, -0.05) is 43.6 Å². The molecule has 2 nitrogen and oxygen atoms in total. The number of fused-ring (bicyclic) bond motifs is 1. The number of nitrogens with one attached hydrogen (secondary N) is 1. The van der Waals surface area contributed by atoms with Crippen LogP contribution >= 0.6 is 31.9 Å². The summed E-state index contributed by atoms with van der Waals surface area (Å²) in [7, 11) is 0. The van der Waals surface area contributed by atoms with E-state index in [2.05, 4.69) is 77.0 Å². The highest BCUT2D eigenvalue weighted by Crippen LogP contribution is 2.35. The topological polar surface area (TPSA) is 24.9 Å². The fraction of sp³-hybridized carbons (Fsp3) is 0.438. The molecule has 1 aromatic carbocycles. The quantitative estimate of drug-likeness (QED) is 0.696. The van der Waals surface area contributed by atoms with Crippen molar-refractivity contribution >= 4 is 48.6 Å². The first kappa shape index (κ1) is 15.8. The van der Waals surface area contributed by atoms with Gasteiger partial charge < -0.3 is 5.32 Å². The maximum Gasteiger partial charge on any atom is 0.130 e. The molecule has 0 bridgehead atoms. The highest BCUT2D eigenvalue weighted by Gasteiger charge is 2.20. The lowest BCUT2D eigenvalue weighted by molar-refractivity contribution is 0.590. The normalized spacial score (nSPS) is 11.9. The van der Waals surface area contributed by atoms with Crippen LogP contribution in [0.5, 0.6) is 0 Å². The van der Waals surface area contributed by atoms with Gasteiger partial charge in [-0.25, -0.2) is 4.98 Å². The second-order valence-corrected chi connectivity index (χ2v) is 7.79. The van der Waals surface area contributed by atoms with E-state index in [-0.39, 0.29) is 5.41 Å². The average Bonchev–Trinajstić information content (AvgIpc) is 2.34. The van der Waals surface area contributed by atoms with Gasteiger partial charge in [-0.3, -0.25) is 0 Å². The summed E-state index contributed by atoms with van der Waals surface area (Å²) in [5.41, 5.74) is 2.31. The second-order valence-electron chi connectivity index (χ2n) is 6.02. The van der Waals surface area contributed by atoms with Gasteiger partial charge in [0.05, 0.1) is 5.52 Å². The van der Waals surface area contributed by atoms with E-state index >= 15 is 0 Å². The summed E-state index contributed by atoms with van der Waals surface area (Å²) >= 11 is 7.15. The van der Waals surface area contributed by atoms with Gasteiger partial charge in [0, 0.05) is 26.4 Å². The van der Waals surface area contributed by atoms with Crippen molar-refractivity contribution in [3.8, 4) is 0 Å². The van der Waals surface area contributed by atoms with Gasteiger partial charge in [0.1, 0.15) is 5.82 Å². The summed E-state index contributed by atoms with van der Waals surface area (Å²) in [6.07, 6.45) is 1.09. The monoisotopic (exact) mass is 398 g/mol. The molecular formula is C16H20Br2N2. The molecule has 0 aliphatic carbocycles. The summed E-state index contributed by atoms with van der Waals surface area (Å²) < 4.78 is 2.08. The van der Waals surface area contributed by atoms with Crippen molar-refractivity contribution < 1.29 is 0 Å². The minimum absolute atomic E-state index is 0.0616. The molecule has 0 atom stereocenters. The van der Waals surface area contributed by atoms with E-state index in [0.29, 0.717) is 0 Å². The van der Waals surface area contributed by atoms with Crippen molar-refractivity contribution in [2.24, 2.45) is 0 Å². The Bertz CT molecular complexity index is 630. The number of aromatic nitrogens is 1. The summed E-state index contributed by atoms with van der Waals surface area (Å²) in [5, 5.41) is 4.61. The first-order chi connectivity index (χ1) is 9.32. The number of rotatable bonds is 3. The molecule has 1 N–H and O–H groups in total. The Morgan fingerprint density at radius 2 is 1.85 bits per heavy atom. The lowest BCUT2D eigenvalue weighted by Gasteiger charge is -2.23. The van der Waals surface area contributed by atoms with E-state index in [4.69, 9.17) is 4.98 Å². The van der Waals surface area contributed by atoms with Crippen LogP contribution in [0.25, 0.3) is 10.9 Å². The van der Waals surface area contributed by atoms with Crippen LogP contribution in [0.3, 0.4) is 0 Å². The zero-order chi connectivity index (χ0) is 14.9. The maximum absolute atomic E-state index is 4.84. The number of pyridine rings is 1. The third-order valence-electron chi connectivity index (χ3n) is 3.19. The van der Waals surface area contributed by atoms with Crippen molar-refractivity contribution in [2.75, 3.05) is 11.9 Å². The molecule has 0 unspecified atom stereocenters. The zero-order valence-corrected chi connectivity index (χ0v) is 15.5. The summed E-state index contributed by atoms with van der Waals surface area (Å²) in [4.78, 5) is 4.84. The van der Waals surface area contributed by atoms with Crippen LogP contribution < -0.4 is 5.32 Å². The molecule has 4 heteroatoms. The smallest absolute Gasteiger partial charge is 0.130 e. The van der Waals surface area contributed by atoms with Crippen molar-refractivity contribution in [1.29, 1.82) is 0 Å². The van der Waals surface area contributed by atoms with Crippen molar-refractivity contribution in [3.63, 3.8) is 0 Å². The minimum Gasteiger partial charge on any atom is -0.370 e. The number of halogens is 2. The molecule has 2 aromatic rings. The molecule has 0 aliphatic heterocycles. The number of benzene rings is 1. The molecule has 20 heavy (non-hydrogen) atoms. The first-order valence-electron chi connectivity index (χ1n) is 6.87. The predicted octanol–water partition coefficient (Wildman–Crippen LogP) is 5.88. The molecule has 0 aliphatic rings. The van der Waals surface area contributed by atoms with Crippen LogP contribution in [-0.2, 0) is 5.41 Å². The van der Waals surface area contributed by atoms with E-state index < -0.39 is 0 Å². The van der Waals surface area contributed by atoms with E-state index in [1.807, 2.05) is 6.07 Å². The molecule has 1 heterocycles. The lowest BCUT2D eigenvalue weighted by Crippen LogP contribution is -2.16. The number of hydrogen-bond donors (Lipinski definition) is 1. The number of hydrogen-bond acceptors (Lipinski definition) is 2. The maximum atomic E-state index is 4.84. The molecule has 0 saturated carbocycles. The second kappa shape index (κ2) is 6.02. The molecule has 0 amide bonds. The third kappa shape index (κ3) is 3.34. The van der Waals surface area contributed by atoms with E-state index in [1.54, 1.807) is 0 Å². The molecule has 0 fully saturated rings. The highest BCUT2D eigenvalue weighted by atomic mass is 79.9. The van der Waals surface area contributed by atoms with Crippen LogP contribution in [0, 0.1) is 0 Å². The van der Waals surface area contributed by atoms with Crippen molar-refractivity contribution in [2.45, 2.75) is 39.5 Å². The number of nitrogens with zero attached hydrogens (tertiary/aromatic N) is 1. The largest absolute Gasteiger partial charge is 0.370 e. The Morgan fingerprint density at radius 3 is 2.45 bits per heavy atom. The van der Waals surface area contributed by atoms with Crippen LogP contribution in [0.2, 0.25) is 0 Å². The summed E-state index contributed by atoms with van der Waals surface area (Å²) in [6, 6.07) is 6.40. The van der Waals surface area contributed by atoms with Gasteiger partial charge in [0.25, 0.3) is 0 Å². The summed E-state index contributed by atoms with van der Waals surface area (Å²) in [6.45, 7) is 9.77. The minimum atomic E-state index is 0.0616. The van der Waals surface area contributed by atoms with E-state index in [1.165, 1.54) is 5.56 Å². The van der Waals surface area contributed by atoms with Crippen LogP contribution in [0.1, 0.15) is 39.7 Å². The first-order valence-corrected chi connectivity index (χ1v) is 8.45. The Hall–Kier alpha value is -0.610. The fourth-order valence-corrected chi connectivity index (χ4v) is 3.51. The summed E-state index contributed by atoms with van der Waals surface area (Å²) in [5.74, 6) is 0.995. The molecule has 1 aromatic heterocycles. The van der Waals surface area contributed by atoms with Gasteiger partial charge in [-0.05, 0) is 46.0 Å². The highest BCUT2D eigenvalue weighted by molar-refractivity contribution is 9.11. The lowest BCUT2D eigenvalue weighted by atomic mass is 9.86. The van der Waals surface area contributed by atoms with Gasteiger partial charge >= 0.3 is 0 Å². The Balaban J connectivity index is 2.68. The van der Waals surface area contributed by atoms with E-state index in [9.17, 15) is 0 Å². The molecule has 0 radical (unpaired) electrons. The third-order valence-corrected chi connectivity index (χ3v) is 4.25. The van der Waals surface area contributed by atoms with E-state index in [0.717, 1.165) is 38.6 Å². The Kier molecular flexibility index (Phi) is 4.75. The average molecular weight is 400 g/mol. The van der Waals surface area contributed by atoms with Gasteiger partial charge in [0.2, 0.25) is 0 Å². The van der Waals surface area contributed by atoms with Gasteiger partial charge in [-0.2, -0.15) is 0 Å². The van der Waals surface area contributed by atoms with Crippen molar-refractivity contribution in [3.05, 3.63) is 32.7 Å². The zero-order valence-electron chi connectivity index (χ0n) is 12.3. The Morgan fingerprint density at radius 1 is 1.15 bits per heavy atom.